The normalized spacial score (nSPS) is 10.5. The van der Waals surface area contributed by atoms with Crippen LogP contribution >= 0.6 is 11.6 Å². The molecule has 0 aliphatic carbocycles. The van der Waals surface area contributed by atoms with Crippen LogP contribution in [0.15, 0.2) is 71.8 Å². The van der Waals surface area contributed by atoms with E-state index in [4.69, 9.17) is 21.1 Å². The van der Waals surface area contributed by atoms with Crippen LogP contribution in [-0.2, 0) is 14.4 Å². The predicted molar refractivity (Wildman–Crippen MR) is 134 cm³/mol. The number of hydrogen-bond donors (Lipinski definition) is 3. The Morgan fingerprint density at radius 2 is 1.71 bits per heavy atom. The summed E-state index contributed by atoms with van der Waals surface area (Å²) in [5, 5.41) is 9.19. The minimum Gasteiger partial charge on any atom is -0.497 e. The summed E-state index contributed by atoms with van der Waals surface area (Å²) in [5.41, 5.74) is 4.84. The molecule has 0 aliphatic heterocycles. The first-order valence-electron chi connectivity index (χ1n) is 10.4. The summed E-state index contributed by atoms with van der Waals surface area (Å²) in [4.78, 5) is 36.0. The van der Waals surface area contributed by atoms with Crippen LogP contribution < -0.4 is 25.5 Å². The molecule has 3 amide bonds. The minimum absolute atomic E-state index is 0.223. The van der Waals surface area contributed by atoms with Crippen molar-refractivity contribution in [3.8, 4) is 11.5 Å². The first-order chi connectivity index (χ1) is 16.8. The molecular weight excluding hydrogens is 472 g/mol. The Hall–Kier alpha value is -4.37. The fourth-order valence-corrected chi connectivity index (χ4v) is 3.04. The van der Waals surface area contributed by atoms with Gasteiger partial charge in [0.2, 0.25) is 0 Å². The highest BCUT2D eigenvalue weighted by Gasteiger charge is 2.13. The standard InChI is InChI=1S/C25H23ClN4O5/c1-16-6-9-18(10-7-16)28-23(31)15-35-22-11-8-17(12-21(22)26)14-27-30-25(33)24(32)29-19-4-3-5-20(13-19)34-2/h3-14H,15H2,1-2H3,(H,28,31)(H,29,32)(H,30,33)/b27-14-. The van der Waals surface area contributed by atoms with Crippen molar-refractivity contribution in [2.75, 3.05) is 24.4 Å². The fraction of sp³-hybridized carbons (Fsp3) is 0.120. The number of amides is 3. The average molecular weight is 495 g/mol. The predicted octanol–water partition coefficient (Wildman–Crippen LogP) is 3.76. The molecule has 0 fully saturated rings. The number of benzene rings is 3. The smallest absolute Gasteiger partial charge is 0.329 e. The molecule has 0 unspecified atom stereocenters. The molecule has 0 bridgehead atoms. The lowest BCUT2D eigenvalue weighted by Gasteiger charge is -2.09. The third-order valence-corrected chi connectivity index (χ3v) is 4.86. The van der Waals surface area contributed by atoms with Gasteiger partial charge >= 0.3 is 11.8 Å². The van der Waals surface area contributed by atoms with Gasteiger partial charge in [-0.25, -0.2) is 5.43 Å². The number of carbonyl (C=O) groups is 3. The molecule has 0 radical (unpaired) electrons. The molecule has 0 saturated heterocycles. The van der Waals surface area contributed by atoms with Crippen LogP contribution in [0.4, 0.5) is 11.4 Å². The topological polar surface area (TPSA) is 118 Å². The molecule has 0 heterocycles. The second kappa shape index (κ2) is 12.2. The first-order valence-corrected chi connectivity index (χ1v) is 10.8. The van der Waals surface area contributed by atoms with Gasteiger partial charge in [-0.05, 0) is 55.0 Å². The lowest BCUT2D eigenvalue weighted by Crippen LogP contribution is -2.32. The van der Waals surface area contributed by atoms with E-state index in [1.54, 1.807) is 54.6 Å². The number of nitrogens with zero attached hydrogens (tertiary/aromatic N) is 1. The Kier molecular flexibility index (Phi) is 8.80. The number of methoxy groups -OCH3 is 1. The van der Waals surface area contributed by atoms with Gasteiger partial charge in [0.15, 0.2) is 6.61 Å². The van der Waals surface area contributed by atoms with Gasteiger partial charge in [0, 0.05) is 17.4 Å². The summed E-state index contributed by atoms with van der Waals surface area (Å²) in [6, 6.07) is 18.7. The number of hydrogen-bond acceptors (Lipinski definition) is 6. The van der Waals surface area contributed by atoms with Crippen molar-refractivity contribution in [1.29, 1.82) is 0 Å². The number of ether oxygens (including phenoxy) is 2. The fourth-order valence-electron chi connectivity index (χ4n) is 2.80. The van der Waals surface area contributed by atoms with Crippen LogP contribution in [0.1, 0.15) is 11.1 Å². The second-order valence-corrected chi connectivity index (χ2v) is 7.69. The molecule has 9 nitrogen and oxygen atoms in total. The molecule has 0 atom stereocenters. The number of halogens is 1. The lowest BCUT2D eigenvalue weighted by molar-refractivity contribution is -0.136. The van der Waals surface area contributed by atoms with E-state index in [2.05, 4.69) is 21.2 Å². The summed E-state index contributed by atoms with van der Waals surface area (Å²) >= 11 is 6.22. The van der Waals surface area contributed by atoms with Gasteiger partial charge in [-0.2, -0.15) is 5.10 Å². The molecule has 180 valence electrons. The number of hydrazone groups is 1. The lowest BCUT2D eigenvalue weighted by atomic mass is 10.2. The second-order valence-electron chi connectivity index (χ2n) is 7.28. The third kappa shape index (κ3) is 7.86. The van der Waals surface area contributed by atoms with E-state index in [1.807, 2.05) is 19.1 Å². The number of carbonyl (C=O) groups excluding carboxylic acids is 3. The summed E-state index contributed by atoms with van der Waals surface area (Å²) in [7, 11) is 1.50. The Morgan fingerprint density at radius 3 is 2.43 bits per heavy atom. The first kappa shape index (κ1) is 25.3. The summed E-state index contributed by atoms with van der Waals surface area (Å²) in [6.07, 6.45) is 1.32. The molecule has 0 saturated carbocycles. The number of rotatable bonds is 8. The highest BCUT2D eigenvalue weighted by molar-refractivity contribution is 6.39. The van der Waals surface area contributed by atoms with Gasteiger partial charge in [0.25, 0.3) is 5.91 Å². The van der Waals surface area contributed by atoms with Gasteiger partial charge in [-0.1, -0.05) is 35.4 Å². The largest absolute Gasteiger partial charge is 0.497 e. The molecule has 3 aromatic carbocycles. The molecule has 0 aliphatic rings. The highest BCUT2D eigenvalue weighted by Crippen LogP contribution is 2.25. The van der Waals surface area contributed by atoms with Gasteiger partial charge in [0.1, 0.15) is 11.5 Å². The maximum Gasteiger partial charge on any atom is 0.329 e. The summed E-state index contributed by atoms with van der Waals surface area (Å²) in [5.74, 6) is -1.32. The van der Waals surface area contributed by atoms with E-state index < -0.39 is 11.8 Å². The monoisotopic (exact) mass is 494 g/mol. The number of nitrogens with one attached hydrogen (secondary N) is 3. The van der Waals surface area contributed by atoms with Crippen molar-refractivity contribution in [3.05, 3.63) is 82.9 Å². The zero-order valence-corrected chi connectivity index (χ0v) is 19.8. The van der Waals surface area contributed by atoms with Crippen molar-refractivity contribution < 1.29 is 23.9 Å². The van der Waals surface area contributed by atoms with Crippen molar-refractivity contribution in [3.63, 3.8) is 0 Å². The van der Waals surface area contributed by atoms with Gasteiger partial charge in [-0.15, -0.1) is 0 Å². The maximum atomic E-state index is 12.1. The maximum absolute atomic E-state index is 12.1. The van der Waals surface area contributed by atoms with Crippen LogP contribution in [0.3, 0.4) is 0 Å². The zero-order valence-electron chi connectivity index (χ0n) is 19.0. The van der Waals surface area contributed by atoms with E-state index in [-0.39, 0.29) is 17.5 Å². The van der Waals surface area contributed by atoms with E-state index in [0.717, 1.165) is 5.56 Å². The van der Waals surface area contributed by atoms with Crippen molar-refractivity contribution in [2.45, 2.75) is 6.92 Å². The zero-order chi connectivity index (χ0) is 25.2. The van der Waals surface area contributed by atoms with Crippen LogP contribution in [0, 0.1) is 6.92 Å². The van der Waals surface area contributed by atoms with Crippen molar-refractivity contribution >= 4 is 46.9 Å². The highest BCUT2D eigenvalue weighted by atomic mass is 35.5. The number of anilines is 2. The molecule has 3 rings (SSSR count). The third-order valence-electron chi connectivity index (χ3n) is 4.56. The van der Waals surface area contributed by atoms with Crippen LogP contribution in [0.2, 0.25) is 5.02 Å². The van der Waals surface area contributed by atoms with E-state index >= 15 is 0 Å². The Labute approximate surface area is 207 Å². The molecule has 35 heavy (non-hydrogen) atoms. The molecule has 0 spiro atoms. The summed E-state index contributed by atoms with van der Waals surface area (Å²) < 4.78 is 10.5. The molecule has 3 N–H and O–H groups in total. The van der Waals surface area contributed by atoms with Crippen LogP contribution in [0.25, 0.3) is 0 Å². The quantitative estimate of drug-likeness (QED) is 0.250. The van der Waals surface area contributed by atoms with Gasteiger partial charge in [0.05, 0.1) is 18.3 Å². The van der Waals surface area contributed by atoms with E-state index in [9.17, 15) is 14.4 Å². The van der Waals surface area contributed by atoms with E-state index in [1.165, 1.54) is 13.3 Å². The molecule has 0 aromatic heterocycles. The minimum atomic E-state index is -0.949. The van der Waals surface area contributed by atoms with Crippen LogP contribution in [0.5, 0.6) is 11.5 Å². The van der Waals surface area contributed by atoms with Gasteiger partial charge < -0.3 is 20.1 Å². The van der Waals surface area contributed by atoms with E-state index in [0.29, 0.717) is 28.4 Å². The Bertz CT molecular complexity index is 1240. The number of aryl methyl sites for hydroxylation is 1. The molecule has 10 heteroatoms. The van der Waals surface area contributed by atoms with Crippen molar-refractivity contribution in [2.24, 2.45) is 5.10 Å². The summed E-state index contributed by atoms with van der Waals surface area (Å²) in [6.45, 7) is 1.74. The van der Waals surface area contributed by atoms with Crippen molar-refractivity contribution in [1.82, 2.24) is 5.43 Å². The van der Waals surface area contributed by atoms with Crippen LogP contribution in [-0.4, -0.2) is 37.7 Å². The molecular formula is C25H23ClN4O5. The Morgan fingerprint density at radius 1 is 0.943 bits per heavy atom. The molecule has 3 aromatic rings. The SMILES string of the molecule is COc1cccc(NC(=O)C(=O)N/N=C\c2ccc(OCC(=O)Nc3ccc(C)cc3)c(Cl)c2)c1. The average Bonchev–Trinajstić information content (AvgIpc) is 2.85. The van der Waals surface area contributed by atoms with Gasteiger partial charge in [-0.3, -0.25) is 14.4 Å². The Balaban J connectivity index is 1.48.